The third-order valence-electron chi connectivity index (χ3n) is 5.15. The maximum Gasteiger partial charge on any atom is 0.227 e. The van der Waals surface area contributed by atoms with Gasteiger partial charge in [-0.2, -0.15) is 4.68 Å². The number of hydrogen-bond donors (Lipinski definition) is 3. The van der Waals surface area contributed by atoms with Crippen LogP contribution in [0.2, 0.25) is 0 Å². The molecule has 1 aromatic carbocycles. The maximum absolute atomic E-state index is 11.8. The average Bonchev–Trinajstić information content (AvgIpc) is 3.13. The number of amides is 1. The molecule has 1 aliphatic rings. The van der Waals surface area contributed by atoms with E-state index in [1.54, 1.807) is 17.9 Å². The van der Waals surface area contributed by atoms with Crippen molar-refractivity contribution in [3.05, 3.63) is 42.1 Å². The number of carbonyl (C=O) groups excluding carboxylic acids is 1. The molecule has 0 bridgehead atoms. The topological polar surface area (TPSA) is 132 Å². The lowest BCUT2D eigenvalue weighted by Crippen LogP contribution is -2.40. The van der Waals surface area contributed by atoms with Gasteiger partial charge in [0.05, 0.1) is 29.8 Å². The first-order chi connectivity index (χ1) is 13.5. The van der Waals surface area contributed by atoms with Crippen LogP contribution in [0.4, 0.5) is 0 Å². The van der Waals surface area contributed by atoms with Gasteiger partial charge in [-0.1, -0.05) is 12.1 Å². The predicted molar refractivity (Wildman–Crippen MR) is 103 cm³/mol. The van der Waals surface area contributed by atoms with E-state index < -0.39 is 6.10 Å². The predicted octanol–water partition coefficient (Wildman–Crippen LogP) is 0.455. The summed E-state index contributed by atoms with van der Waals surface area (Å²) >= 11 is 0. The van der Waals surface area contributed by atoms with Crippen molar-refractivity contribution in [2.24, 2.45) is 5.73 Å². The second-order valence-corrected chi connectivity index (χ2v) is 7.11. The van der Waals surface area contributed by atoms with Crippen LogP contribution in [0, 0.1) is 0 Å². The van der Waals surface area contributed by atoms with E-state index >= 15 is 0 Å². The second kappa shape index (κ2) is 7.61. The van der Waals surface area contributed by atoms with Gasteiger partial charge >= 0.3 is 0 Å². The summed E-state index contributed by atoms with van der Waals surface area (Å²) in [4.78, 5) is 25.6. The Hall–Kier alpha value is -2.91. The maximum atomic E-state index is 11.8. The van der Waals surface area contributed by atoms with E-state index in [1.807, 2.05) is 24.3 Å². The fourth-order valence-corrected chi connectivity index (χ4v) is 3.58. The normalized spacial score (nSPS) is 22.3. The van der Waals surface area contributed by atoms with Gasteiger partial charge in [-0.15, -0.1) is 5.10 Å². The minimum atomic E-state index is -0.501. The second-order valence-electron chi connectivity index (χ2n) is 7.11. The molecule has 3 atom stereocenters. The zero-order chi connectivity index (χ0) is 19.7. The van der Waals surface area contributed by atoms with E-state index in [0.717, 1.165) is 17.5 Å². The fraction of sp³-hybridized carbons (Fsp3) is 0.421. The monoisotopic (exact) mass is 381 g/mol. The van der Waals surface area contributed by atoms with Crippen LogP contribution in [-0.4, -0.2) is 54.9 Å². The van der Waals surface area contributed by atoms with Gasteiger partial charge in [0, 0.05) is 19.0 Å². The molecular formula is C19H23N7O2. The molecule has 28 heavy (non-hydrogen) atoms. The fourth-order valence-electron chi connectivity index (χ4n) is 3.58. The van der Waals surface area contributed by atoms with Crippen molar-refractivity contribution in [1.82, 2.24) is 30.0 Å². The highest BCUT2D eigenvalue weighted by atomic mass is 16.3. The van der Waals surface area contributed by atoms with Crippen LogP contribution < -0.4 is 11.1 Å². The Bertz CT molecular complexity index is 1000. The largest absolute Gasteiger partial charge is 0.392 e. The molecule has 4 N–H and O–H groups in total. The van der Waals surface area contributed by atoms with E-state index in [0.29, 0.717) is 30.3 Å². The summed E-state index contributed by atoms with van der Waals surface area (Å²) in [5.41, 5.74) is 7.63. The van der Waals surface area contributed by atoms with E-state index in [-0.39, 0.29) is 24.3 Å². The lowest BCUT2D eigenvalue weighted by molar-refractivity contribution is -0.120. The molecule has 0 aliphatic heterocycles. The van der Waals surface area contributed by atoms with E-state index in [2.05, 4.69) is 25.4 Å². The van der Waals surface area contributed by atoms with Gasteiger partial charge < -0.3 is 16.2 Å². The molecule has 0 spiro atoms. The SMILES string of the molecule is CNC(=O)Cc1nc([C@H]2CC[C@@H](O)[C@H](N)C2)n(-c2cnc3ccccc3n2)n1. The lowest BCUT2D eigenvalue weighted by Gasteiger charge is -2.30. The molecule has 146 valence electrons. The van der Waals surface area contributed by atoms with Gasteiger partial charge in [0.2, 0.25) is 5.91 Å². The first kappa shape index (κ1) is 18.5. The van der Waals surface area contributed by atoms with E-state index in [1.165, 1.54) is 0 Å². The zero-order valence-electron chi connectivity index (χ0n) is 15.6. The van der Waals surface area contributed by atoms with Gasteiger partial charge in [-0.3, -0.25) is 9.78 Å². The highest BCUT2D eigenvalue weighted by Crippen LogP contribution is 2.32. The number of carbonyl (C=O) groups is 1. The van der Waals surface area contributed by atoms with Crippen LogP contribution in [0.5, 0.6) is 0 Å². The van der Waals surface area contributed by atoms with Gasteiger partial charge in [0.1, 0.15) is 5.82 Å². The molecule has 1 aliphatic carbocycles. The Balaban J connectivity index is 1.76. The van der Waals surface area contributed by atoms with Crippen LogP contribution in [0.15, 0.2) is 30.5 Å². The molecular weight excluding hydrogens is 358 g/mol. The van der Waals surface area contributed by atoms with Crippen LogP contribution >= 0.6 is 0 Å². The summed E-state index contributed by atoms with van der Waals surface area (Å²) in [6.07, 6.45) is 3.18. The Morgan fingerprint density at radius 2 is 2.07 bits per heavy atom. The average molecular weight is 381 g/mol. The van der Waals surface area contributed by atoms with Crippen LogP contribution in [0.25, 0.3) is 16.9 Å². The molecule has 0 unspecified atom stereocenters. The highest BCUT2D eigenvalue weighted by molar-refractivity contribution is 5.77. The molecule has 9 nitrogen and oxygen atoms in total. The van der Waals surface area contributed by atoms with Crippen molar-refractivity contribution < 1.29 is 9.90 Å². The molecule has 2 aromatic heterocycles. The molecule has 1 amide bonds. The molecule has 9 heteroatoms. The molecule has 2 heterocycles. The van der Waals surface area contributed by atoms with Crippen LogP contribution in [-0.2, 0) is 11.2 Å². The van der Waals surface area contributed by atoms with Crippen LogP contribution in [0.1, 0.15) is 36.8 Å². The molecule has 0 radical (unpaired) electrons. The number of likely N-dealkylation sites (N-methyl/N-ethyl adjacent to an activating group) is 1. The van der Waals surface area contributed by atoms with Crippen molar-refractivity contribution in [1.29, 1.82) is 0 Å². The highest BCUT2D eigenvalue weighted by Gasteiger charge is 2.31. The van der Waals surface area contributed by atoms with Gasteiger partial charge in [-0.05, 0) is 31.4 Å². The summed E-state index contributed by atoms with van der Waals surface area (Å²) in [6, 6.07) is 7.29. The number of nitrogens with one attached hydrogen (secondary N) is 1. The number of nitrogens with two attached hydrogens (primary N) is 1. The number of para-hydroxylation sites is 2. The first-order valence-corrected chi connectivity index (χ1v) is 9.37. The van der Waals surface area contributed by atoms with Gasteiger partial charge in [0.25, 0.3) is 0 Å². The van der Waals surface area contributed by atoms with Gasteiger partial charge in [0.15, 0.2) is 11.6 Å². The lowest BCUT2D eigenvalue weighted by atomic mass is 9.83. The van der Waals surface area contributed by atoms with Crippen molar-refractivity contribution >= 4 is 16.9 Å². The van der Waals surface area contributed by atoms with E-state index in [9.17, 15) is 9.90 Å². The molecule has 4 rings (SSSR count). The molecule has 0 saturated heterocycles. The Kier molecular flexibility index (Phi) is 5.01. The zero-order valence-corrected chi connectivity index (χ0v) is 15.6. The van der Waals surface area contributed by atoms with Crippen molar-refractivity contribution in [3.63, 3.8) is 0 Å². The third kappa shape index (κ3) is 3.58. The summed E-state index contributed by atoms with van der Waals surface area (Å²) in [6.45, 7) is 0. The smallest absolute Gasteiger partial charge is 0.227 e. The number of aromatic nitrogens is 5. The minimum absolute atomic E-state index is 0.0256. The summed E-state index contributed by atoms with van der Waals surface area (Å²) in [7, 11) is 1.58. The standard InChI is InChI=1S/C19H23N7O2/c1-21-18(28)9-16-24-19(11-6-7-15(27)12(20)8-11)26(25-16)17-10-22-13-4-2-3-5-14(13)23-17/h2-5,10-12,15,27H,6-9,20H2,1H3,(H,21,28)/t11-,12+,15+/m0/s1. The minimum Gasteiger partial charge on any atom is -0.392 e. The Morgan fingerprint density at radius 3 is 2.82 bits per heavy atom. The van der Waals surface area contributed by atoms with E-state index in [4.69, 9.17) is 5.73 Å². The summed E-state index contributed by atoms with van der Waals surface area (Å²) < 4.78 is 1.66. The number of aliphatic hydroxyl groups excluding tert-OH is 1. The summed E-state index contributed by atoms with van der Waals surface area (Å²) in [5, 5.41) is 17.1. The molecule has 1 saturated carbocycles. The third-order valence-corrected chi connectivity index (χ3v) is 5.15. The van der Waals surface area contributed by atoms with Crippen molar-refractivity contribution in [3.8, 4) is 5.82 Å². The Morgan fingerprint density at radius 1 is 1.29 bits per heavy atom. The molecule has 1 fully saturated rings. The van der Waals surface area contributed by atoms with Crippen LogP contribution in [0.3, 0.4) is 0 Å². The number of fused-ring (bicyclic) bond motifs is 1. The quantitative estimate of drug-likeness (QED) is 0.598. The first-order valence-electron chi connectivity index (χ1n) is 9.37. The van der Waals surface area contributed by atoms with Crippen molar-refractivity contribution in [2.45, 2.75) is 43.7 Å². The van der Waals surface area contributed by atoms with Gasteiger partial charge in [-0.25, -0.2) is 9.97 Å². The van der Waals surface area contributed by atoms with Crippen molar-refractivity contribution in [2.75, 3.05) is 7.05 Å². The number of nitrogens with zero attached hydrogens (tertiary/aromatic N) is 5. The number of benzene rings is 1. The number of aliphatic hydroxyl groups is 1. The summed E-state index contributed by atoms with van der Waals surface area (Å²) in [5.74, 6) is 1.53. The Labute approximate surface area is 162 Å². The number of rotatable bonds is 4. The number of hydrogen-bond acceptors (Lipinski definition) is 7. The molecule has 3 aromatic rings.